The topological polar surface area (TPSA) is 0 Å². The molecule has 68 valence electrons. The highest BCUT2D eigenvalue weighted by Gasteiger charge is 2.24. The third-order valence-electron chi connectivity index (χ3n) is 1.41. The molecule has 0 saturated carbocycles. The largest absolute Gasteiger partial charge is 0.0810 e. The van der Waals surface area contributed by atoms with Crippen molar-refractivity contribution in [2.75, 3.05) is 0 Å². The molecule has 0 aliphatic carbocycles. The van der Waals surface area contributed by atoms with Gasteiger partial charge in [0, 0.05) is 0 Å². The van der Waals surface area contributed by atoms with Crippen molar-refractivity contribution in [3.8, 4) is 0 Å². The molecule has 0 radical (unpaired) electrons. The SMILES string of the molecule is CC(C)CC(Br)(Br)CC(C)C. The summed E-state index contributed by atoms with van der Waals surface area (Å²) < 4.78 is 0.169. The number of hydrogen-bond donors (Lipinski definition) is 0. The summed E-state index contributed by atoms with van der Waals surface area (Å²) in [5.41, 5.74) is 0. The van der Waals surface area contributed by atoms with Gasteiger partial charge in [-0.2, -0.15) is 0 Å². The van der Waals surface area contributed by atoms with Crippen molar-refractivity contribution in [2.24, 2.45) is 11.8 Å². The van der Waals surface area contributed by atoms with Crippen LogP contribution in [0.3, 0.4) is 0 Å². The van der Waals surface area contributed by atoms with Crippen LogP contribution in [0.5, 0.6) is 0 Å². The normalized spacial score (nSPS) is 13.1. The van der Waals surface area contributed by atoms with E-state index in [2.05, 4.69) is 59.6 Å². The van der Waals surface area contributed by atoms with Crippen LogP contribution in [0.1, 0.15) is 40.5 Å². The molecule has 0 saturated heterocycles. The Morgan fingerprint density at radius 2 is 1.18 bits per heavy atom. The lowest BCUT2D eigenvalue weighted by Crippen LogP contribution is -2.16. The summed E-state index contributed by atoms with van der Waals surface area (Å²) in [4.78, 5) is 0. The first-order valence-electron chi connectivity index (χ1n) is 4.21. The van der Waals surface area contributed by atoms with Gasteiger partial charge in [-0.1, -0.05) is 59.6 Å². The summed E-state index contributed by atoms with van der Waals surface area (Å²) >= 11 is 7.40. The average Bonchev–Trinajstić information content (AvgIpc) is 1.53. The van der Waals surface area contributed by atoms with Gasteiger partial charge in [-0.25, -0.2) is 0 Å². The number of rotatable bonds is 4. The molecule has 0 aromatic heterocycles. The lowest BCUT2D eigenvalue weighted by atomic mass is 10.0. The molecule has 0 aliphatic heterocycles. The van der Waals surface area contributed by atoms with Gasteiger partial charge in [0.05, 0.1) is 3.23 Å². The van der Waals surface area contributed by atoms with Gasteiger partial charge in [0.1, 0.15) is 0 Å². The molecule has 0 fully saturated rings. The Morgan fingerprint density at radius 3 is 1.36 bits per heavy atom. The molecule has 0 atom stereocenters. The molecule has 0 N–H and O–H groups in total. The standard InChI is InChI=1S/C9H18Br2/c1-7(2)5-9(10,11)6-8(3)4/h7-8H,5-6H2,1-4H3. The molecule has 0 amide bonds. The quantitative estimate of drug-likeness (QED) is 0.664. The maximum Gasteiger partial charge on any atom is 0.0810 e. The lowest BCUT2D eigenvalue weighted by molar-refractivity contribution is 0.479. The molecule has 0 bridgehead atoms. The fraction of sp³-hybridized carbons (Fsp3) is 1.00. The van der Waals surface area contributed by atoms with Crippen molar-refractivity contribution in [1.29, 1.82) is 0 Å². The van der Waals surface area contributed by atoms with Gasteiger partial charge in [-0.15, -0.1) is 0 Å². The van der Waals surface area contributed by atoms with Gasteiger partial charge < -0.3 is 0 Å². The van der Waals surface area contributed by atoms with Gasteiger partial charge >= 0.3 is 0 Å². The average molecular weight is 286 g/mol. The van der Waals surface area contributed by atoms with E-state index in [9.17, 15) is 0 Å². The molecule has 2 heteroatoms. The van der Waals surface area contributed by atoms with E-state index >= 15 is 0 Å². The van der Waals surface area contributed by atoms with Crippen LogP contribution in [-0.4, -0.2) is 3.23 Å². The molecule has 0 aromatic carbocycles. The summed E-state index contributed by atoms with van der Waals surface area (Å²) in [5, 5.41) is 0. The van der Waals surface area contributed by atoms with Crippen LogP contribution in [0.4, 0.5) is 0 Å². The predicted molar refractivity (Wildman–Crippen MR) is 59.5 cm³/mol. The monoisotopic (exact) mass is 284 g/mol. The van der Waals surface area contributed by atoms with E-state index in [0.717, 1.165) is 11.8 Å². The number of hydrogen-bond acceptors (Lipinski definition) is 0. The molecule has 0 aromatic rings. The molecular weight excluding hydrogens is 268 g/mol. The summed E-state index contributed by atoms with van der Waals surface area (Å²) in [5.74, 6) is 1.49. The second kappa shape index (κ2) is 4.86. The molecule has 0 spiro atoms. The van der Waals surface area contributed by atoms with E-state index in [1.165, 1.54) is 12.8 Å². The van der Waals surface area contributed by atoms with Crippen molar-refractivity contribution >= 4 is 31.9 Å². The van der Waals surface area contributed by atoms with Crippen molar-refractivity contribution in [3.05, 3.63) is 0 Å². The Labute approximate surface area is 87.4 Å². The molecule has 0 unspecified atom stereocenters. The van der Waals surface area contributed by atoms with E-state index in [-0.39, 0.29) is 3.23 Å². The predicted octanol–water partition coefficient (Wildman–Crippen LogP) is 4.56. The van der Waals surface area contributed by atoms with Gasteiger partial charge in [0.15, 0.2) is 0 Å². The maximum atomic E-state index is 3.70. The Kier molecular flexibility index (Phi) is 5.28. The van der Waals surface area contributed by atoms with E-state index < -0.39 is 0 Å². The third kappa shape index (κ3) is 7.32. The maximum absolute atomic E-state index is 3.70. The summed E-state index contributed by atoms with van der Waals surface area (Å²) in [7, 11) is 0. The van der Waals surface area contributed by atoms with Crippen molar-refractivity contribution in [3.63, 3.8) is 0 Å². The second-order valence-corrected chi connectivity index (χ2v) is 8.15. The fourth-order valence-electron chi connectivity index (χ4n) is 1.28. The smallest absolute Gasteiger partial charge is 0.0727 e. The van der Waals surface area contributed by atoms with Gasteiger partial charge in [-0.3, -0.25) is 0 Å². The Morgan fingerprint density at radius 1 is 0.909 bits per heavy atom. The van der Waals surface area contributed by atoms with Crippen molar-refractivity contribution in [1.82, 2.24) is 0 Å². The van der Waals surface area contributed by atoms with Crippen LogP contribution in [0.25, 0.3) is 0 Å². The second-order valence-electron chi connectivity index (χ2n) is 4.05. The fourth-order valence-corrected chi connectivity index (χ4v) is 3.87. The van der Waals surface area contributed by atoms with Crippen LogP contribution in [0.15, 0.2) is 0 Å². The molecular formula is C9H18Br2. The van der Waals surface area contributed by atoms with Gasteiger partial charge in [0.25, 0.3) is 0 Å². The van der Waals surface area contributed by atoms with Gasteiger partial charge in [-0.05, 0) is 24.7 Å². The first-order valence-corrected chi connectivity index (χ1v) is 5.80. The van der Waals surface area contributed by atoms with Crippen molar-refractivity contribution in [2.45, 2.75) is 43.8 Å². The van der Waals surface area contributed by atoms with Crippen LogP contribution in [-0.2, 0) is 0 Å². The Bertz CT molecular complexity index is 94.1. The van der Waals surface area contributed by atoms with Crippen LogP contribution in [0, 0.1) is 11.8 Å². The van der Waals surface area contributed by atoms with Crippen molar-refractivity contribution < 1.29 is 0 Å². The molecule has 0 nitrogen and oxygen atoms in total. The Balaban J connectivity index is 3.79. The Hall–Kier alpha value is 0.960. The zero-order chi connectivity index (χ0) is 9.07. The zero-order valence-corrected chi connectivity index (χ0v) is 11.0. The van der Waals surface area contributed by atoms with Crippen LogP contribution >= 0.6 is 31.9 Å². The first-order chi connectivity index (χ1) is 4.83. The minimum atomic E-state index is 0.169. The molecule has 11 heavy (non-hydrogen) atoms. The lowest BCUT2D eigenvalue weighted by Gasteiger charge is -2.24. The highest BCUT2D eigenvalue weighted by Crippen LogP contribution is 2.38. The van der Waals surface area contributed by atoms with E-state index in [1.54, 1.807) is 0 Å². The molecule has 0 aliphatic rings. The highest BCUT2D eigenvalue weighted by atomic mass is 79.9. The minimum absolute atomic E-state index is 0.169. The van der Waals surface area contributed by atoms with Gasteiger partial charge in [0.2, 0.25) is 0 Å². The van der Waals surface area contributed by atoms with Crippen LogP contribution < -0.4 is 0 Å². The molecule has 0 rings (SSSR count). The highest BCUT2D eigenvalue weighted by molar-refractivity contribution is 9.25. The minimum Gasteiger partial charge on any atom is -0.0727 e. The van der Waals surface area contributed by atoms with E-state index in [0.29, 0.717) is 0 Å². The van der Waals surface area contributed by atoms with Crippen LogP contribution in [0.2, 0.25) is 0 Å². The van der Waals surface area contributed by atoms with E-state index in [4.69, 9.17) is 0 Å². The molecule has 0 heterocycles. The van der Waals surface area contributed by atoms with E-state index in [1.807, 2.05) is 0 Å². The zero-order valence-electron chi connectivity index (χ0n) is 7.82. The number of alkyl halides is 2. The summed E-state index contributed by atoms with van der Waals surface area (Å²) in [6.07, 6.45) is 2.37. The summed E-state index contributed by atoms with van der Waals surface area (Å²) in [6, 6.07) is 0. The third-order valence-corrected chi connectivity index (χ3v) is 2.71. The first kappa shape index (κ1) is 12.0. The summed E-state index contributed by atoms with van der Waals surface area (Å²) in [6.45, 7) is 8.99. The number of halogens is 2.